The number of allylic oxidation sites excluding steroid dienone is 1. The average molecular weight is 230 g/mol. The van der Waals surface area contributed by atoms with Crippen LogP contribution in [-0.2, 0) is 0 Å². The van der Waals surface area contributed by atoms with E-state index in [0.29, 0.717) is 0 Å². The molecule has 0 aromatic heterocycles. The van der Waals surface area contributed by atoms with E-state index in [-0.39, 0.29) is 9.52 Å². The van der Waals surface area contributed by atoms with Gasteiger partial charge in [-0.05, 0) is 33.0 Å². The van der Waals surface area contributed by atoms with Gasteiger partial charge in [0.15, 0.2) is 0 Å². The van der Waals surface area contributed by atoms with Gasteiger partial charge in [-0.15, -0.1) is 5.70 Å². The van der Waals surface area contributed by atoms with E-state index < -0.39 is 8.07 Å². The molecule has 0 radical (unpaired) electrons. The van der Waals surface area contributed by atoms with Crippen LogP contribution in [0.15, 0.2) is 11.3 Å². The quantitative estimate of drug-likeness (QED) is 0.522. The van der Waals surface area contributed by atoms with Crippen LogP contribution in [0, 0.1) is 0 Å². The fourth-order valence-corrected chi connectivity index (χ4v) is 3.50. The van der Waals surface area contributed by atoms with E-state index in [1.165, 1.54) is 30.8 Å². The third-order valence-electron chi connectivity index (χ3n) is 2.02. The Morgan fingerprint density at radius 3 is 2.43 bits per heavy atom. The molecular weight excluding hydrogens is 202 g/mol. The highest BCUT2D eigenvalue weighted by Crippen LogP contribution is 1.97. The van der Waals surface area contributed by atoms with Crippen molar-refractivity contribution in [3.8, 4) is 0 Å². The first-order chi connectivity index (χ1) is 6.42. The standard InChI is InChI=1S/C11H27NSi2/c1-11(2)9-13-8-6-7-12-10-14(3,4)5/h9,12H,6-8,10,13H2,1-5H3. The summed E-state index contributed by atoms with van der Waals surface area (Å²) in [6.07, 6.45) is 2.65. The molecule has 14 heavy (non-hydrogen) atoms. The minimum Gasteiger partial charge on any atom is -0.319 e. The maximum absolute atomic E-state index is 3.58. The molecule has 84 valence electrons. The molecule has 0 aromatic rings. The van der Waals surface area contributed by atoms with Crippen molar-refractivity contribution in [1.82, 2.24) is 5.32 Å². The zero-order valence-corrected chi connectivity index (χ0v) is 13.0. The first-order valence-electron chi connectivity index (χ1n) is 5.76. The molecule has 0 fully saturated rings. The Kier molecular flexibility index (Phi) is 7.50. The lowest BCUT2D eigenvalue weighted by Gasteiger charge is -2.16. The van der Waals surface area contributed by atoms with Gasteiger partial charge in [-0.2, -0.15) is 0 Å². The molecular formula is C11H27NSi2. The van der Waals surface area contributed by atoms with Gasteiger partial charge in [-0.1, -0.05) is 31.3 Å². The molecule has 0 heterocycles. The highest BCUT2D eigenvalue weighted by Gasteiger charge is 2.10. The molecule has 1 N–H and O–H groups in total. The van der Waals surface area contributed by atoms with Gasteiger partial charge in [-0.25, -0.2) is 0 Å². The van der Waals surface area contributed by atoms with Crippen molar-refractivity contribution >= 4 is 17.6 Å². The summed E-state index contributed by atoms with van der Waals surface area (Å²) in [5, 5.41) is 3.58. The minimum atomic E-state index is -0.855. The summed E-state index contributed by atoms with van der Waals surface area (Å²) in [5.41, 5.74) is 3.98. The molecule has 0 aliphatic heterocycles. The molecule has 0 rings (SSSR count). The second-order valence-corrected chi connectivity index (χ2v) is 12.7. The van der Waals surface area contributed by atoms with E-state index >= 15 is 0 Å². The lowest BCUT2D eigenvalue weighted by molar-refractivity contribution is 0.740. The molecule has 0 amide bonds. The van der Waals surface area contributed by atoms with Gasteiger partial charge in [0.25, 0.3) is 0 Å². The highest BCUT2D eigenvalue weighted by atomic mass is 28.3. The van der Waals surface area contributed by atoms with Crippen LogP contribution in [0.4, 0.5) is 0 Å². The molecule has 0 unspecified atom stereocenters. The highest BCUT2D eigenvalue weighted by molar-refractivity contribution is 6.76. The zero-order chi connectivity index (χ0) is 11.0. The summed E-state index contributed by atoms with van der Waals surface area (Å²) < 4.78 is 0. The van der Waals surface area contributed by atoms with Gasteiger partial charge in [0.1, 0.15) is 0 Å². The maximum Gasteiger partial charge on any atom is 0.0595 e. The van der Waals surface area contributed by atoms with Crippen LogP contribution in [0.3, 0.4) is 0 Å². The Morgan fingerprint density at radius 2 is 1.93 bits per heavy atom. The van der Waals surface area contributed by atoms with Crippen molar-refractivity contribution in [2.24, 2.45) is 0 Å². The molecule has 0 saturated heterocycles. The first kappa shape index (κ1) is 14.1. The second kappa shape index (κ2) is 7.43. The minimum absolute atomic E-state index is 0.111. The van der Waals surface area contributed by atoms with Gasteiger partial charge in [-0.3, -0.25) is 0 Å². The predicted molar refractivity (Wildman–Crippen MR) is 73.6 cm³/mol. The summed E-state index contributed by atoms with van der Waals surface area (Å²) in [6.45, 7) is 12.9. The van der Waals surface area contributed by atoms with Crippen molar-refractivity contribution in [2.75, 3.05) is 12.7 Å². The van der Waals surface area contributed by atoms with Crippen LogP contribution in [0.5, 0.6) is 0 Å². The average Bonchev–Trinajstić information content (AvgIpc) is 2.00. The fourth-order valence-electron chi connectivity index (χ4n) is 1.25. The van der Waals surface area contributed by atoms with Gasteiger partial charge in [0, 0.05) is 9.52 Å². The second-order valence-electron chi connectivity index (χ2n) is 5.51. The van der Waals surface area contributed by atoms with Crippen molar-refractivity contribution < 1.29 is 0 Å². The summed E-state index contributed by atoms with van der Waals surface area (Å²) in [4.78, 5) is 0. The summed E-state index contributed by atoms with van der Waals surface area (Å²) in [5.74, 6) is 0. The number of hydrogen-bond donors (Lipinski definition) is 1. The number of hydrogen-bond acceptors (Lipinski definition) is 1. The van der Waals surface area contributed by atoms with Crippen molar-refractivity contribution in [3.63, 3.8) is 0 Å². The smallest absolute Gasteiger partial charge is 0.0595 e. The lowest BCUT2D eigenvalue weighted by atomic mass is 10.4. The van der Waals surface area contributed by atoms with Crippen molar-refractivity contribution in [3.05, 3.63) is 11.3 Å². The Hall–Kier alpha value is 0.134. The summed E-state index contributed by atoms with van der Waals surface area (Å²) in [7, 11) is -0.744. The predicted octanol–water partition coefficient (Wildman–Crippen LogP) is 2.35. The Labute approximate surface area is 93.2 Å². The number of rotatable bonds is 7. The largest absolute Gasteiger partial charge is 0.319 e. The third-order valence-corrected chi connectivity index (χ3v) is 5.34. The van der Waals surface area contributed by atoms with Gasteiger partial charge in [0.05, 0.1) is 8.07 Å². The van der Waals surface area contributed by atoms with E-state index in [1.54, 1.807) is 0 Å². The van der Waals surface area contributed by atoms with E-state index in [4.69, 9.17) is 0 Å². The maximum atomic E-state index is 3.58. The molecule has 0 aliphatic carbocycles. The molecule has 0 spiro atoms. The molecule has 0 aliphatic rings. The van der Waals surface area contributed by atoms with Crippen molar-refractivity contribution in [1.29, 1.82) is 0 Å². The topological polar surface area (TPSA) is 12.0 Å². The monoisotopic (exact) mass is 229 g/mol. The SMILES string of the molecule is CC(C)=C[SiH2]CCCNC[Si](C)(C)C. The fraction of sp³-hybridized carbons (Fsp3) is 0.818. The Balaban J connectivity index is 3.19. The van der Waals surface area contributed by atoms with E-state index in [2.05, 4.69) is 44.5 Å². The van der Waals surface area contributed by atoms with Gasteiger partial charge >= 0.3 is 0 Å². The van der Waals surface area contributed by atoms with E-state index in [1.807, 2.05) is 0 Å². The van der Waals surface area contributed by atoms with Crippen LogP contribution in [0.1, 0.15) is 20.3 Å². The van der Waals surface area contributed by atoms with Crippen LogP contribution in [0.25, 0.3) is 0 Å². The molecule has 0 atom stereocenters. The summed E-state index contributed by atoms with van der Waals surface area (Å²) in [6, 6.07) is 1.46. The first-order valence-corrected chi connectivity index (χ1v) is 11.3. The summed E-state index contributed by atoms with van der Waals surface area (Å²) >= 11 is 0. The molecule has 0 bridgehead atoms. The van der Waals surface area contributed by atoms with Gasteiger partial charge in [0.2, 0.25) is 0 Å². The van der Waals surface area contributed by atoms with E-state index in [9.17, 15) is 0 Å². The normalized spacial score (nSPS) is 12.4. The molecule has 0 aromatic carbocycles. The van der Waals surface area contributed by atoms with E-state index in [0.717, 1.165) is 0 Å². The lowest BCUT2D eigenvalue weighted by Crippen LogP contribution is -2.37. The van der Waals surface area contributed by atoms with Crippen molar-refractivity contribution in [2.45, 2.75) is 46.0 Å². The zero-order valence-electron chi connectivity index (χ0n) is 10.6. The van der Waals surface area contributed by atoms with Crippen LogP contribution in [-0.4, -0.2) is 30.3 Å². The third kappa shape index (κ3) is 12.1. The molecule has 1 nitrogen and oxygen atoms in total. The van der Waals surface area contributed by atoms with Crippen LogP contribution < -0.4 is 5.32 Å². The Bertz CT molecular complexity index is 167. The van der Waals surface area contributed by atoms with Crippen LogP contribution in [0.2, 0.25) is 25.7 Å². The Morgan fingerprint density at radius 1 is 1.29 bits per heavy atom. The molecule has 3 heteroatoms. The van der Waals surface area contributed by atoms with Gasteiger partial charge < -0.3 is 5.32 Å². The van der Waals surface area contributed by atoms with Crippen LogP contribution >= 0.6 is 0 Å². The molecule has 0 saturated carbocycles. The number of nitrogens with one attached hydrogen (secondary N) is 1.